The molecule has 0 heterocycles. The highest BCUT2D eigenvalue weighted by atomic mass is 16.6. The molecule has 0 aromatic carbocycles. The van der Waals surface area contributed by atoms with Gasteiger partial charge in [0.1, 0.15) is 11.2 Å². The molecule has 0 fully saturated rings. The molecule has 10 heteroatoms. The molecule has 0 spiro atoms. The number of carboxylic acid groups (broad SMARTS) is 2. The Morgan fingerprint density at radius 1 is 0.719 bits per heavy atom. The van der Waals surface area contributed by atoms with Crippen LogP contribution in [0.2, 0.25) is 0 Å². The highest BCUT2D eigenvalue weighted by Gasteiger charge is 2.32. The average Bonchev–Trinajstić information content (AvgIpc) is 3.20. The smallest absolute Gasteiger partial charge is 0.408 e. The molecular weight excluding hydrogens is 420 g/mol. The summed E-state index contributed by atoms with van der Waals surface area (Å²) < 4.78 is 10.1. The van der Waals surface area contributed by atoms with Gasteiger partial charge in [-0.2, -0.15) is 0 Å². The van der Waals surface area contributed by atoms with Crippen LogP contribution in [0.1, 0.15) is 54.4 Å². The van der Waals surface area contributed by atoms with Gasteiger partial charge in [0.25, 0.3) is 0 Å². The van der Waals surface area contributed by atoms with Gasteiger partial charge >= 0.3 is 24.1 Å². The van der Waals surface area contributed by atoms with Crippen LogP contribution in [0, 0.1) is 11.8 Å². The normalized spacial score (nSPS) is 24.2. The first-order valence-corrected chi connectivity index (χ1v) is 10.4. The SMILES string of the molecule is CC(C)(C)OC(=O)N[C@@H]1C=CC[C@@H]1C(=O)O.CC(C)(C)OC(=O)N[C@H]1C=CC[C@H]1C(=O)O. The second-order valence-corrected chi connectivity index (χ2v) is 9.56. The molecule has 2 aliphatic rings. The molecule has 2 rings (SSSR count). The summed E-state index contributed by atoms with van der Waals surface area (Å²) in [6.45, 7) is 10.5. The zero-order chi connectivity index (χ0) is 24.7. The van der Waals surface area contributed by atoms with Crippen LogP contribution < -0.4 is 10.6 Å². The van der Waals surface area contributed by atoms with Gasteiger partial charge in [-0.15, -0.1) is 0 Å². The molecular formula is C22H34N2O8. The van der Waals surface area contributed by atoms with Gasteiger partial charge in [-0.05, 0) is 54.4 Å². The van der Waals surface area contributed by atoms with Crippen molar-refractivity contribution in [1.82, 2.24) is 10.6 Å². The van der Waals surface area contributed by atoms with Crippen molar-refractivity contribution >= 4 is 24.1 Å². The molecule has 0 unspecified atom stereocenters. The van der Waals surface area contributed by atoms with Gasteiger partial charge in [-0.3, -0.25) is 9.59 Å². The van der Waals surface area contributed by atoms with Crippen molar-refractivity contribution in [3.8, 4) is 0 Å². The molecule has 2 aliphatic carbocycles. The second-order valence-electron chi connectivity index (χ2n) is 9.56. The summed E-state index contributed by atoms with van der Waals surface area (Å²) in [5, 5.41) is 22.9. The van der Waals surface area contributed by atoms with Crippen LogP contribution in [-0.2, 0) is 19.1 Å². The van der Waals surface area contributed by atoms with Gasteiger partial charge in [0.15, 0.2) is 0 Å². The van der Waals surface area contributed by atoms with Gasteiger partial charge in [0.05, 0.1) is 23.9 Å². The van der Waals surface area contributed by atoms with Crippen LogP contribution in [0.25, 0.3) is 0 Å². The van der Waals surface area contributed by atoms with E-state index in [-0.39, 0.29) is 0 Å². The van der Waals surface area contributed by atoms with E-state index >= 15 is 0 Å². The van der Waals surface area contributed by atoms with Crippen LogP contribution in [0.4, 0.5) is 9.59 Å². The first kappa shape index (κ1) is 27.0. The van der Waals surface area contributed by atoms with Crippen molar-refractivity contribution < 1.29 is 38.9 Å². The van der Waals surface area contributed by atoms with E-state index in [1.165, 1.54) is 0 Å². The third-order valence-electron chi connectivity index (χ3n) is 4.34. The van der Waals surface area contributed by atoms with Gasteiger partial charge in [0, 0.05) is 0 Å². The third kappa shape index (κ3) is 9.84. The van der Waals surface area contributed by atoms with Gasteiger partial charge in [0.2, 0.25) is 0 Å². The minimum Gasteiger partial charge on any atom is -0.481 e. The molecule has 32 heavy (non-hydrogen) atoms. The lowest BCUT2D eigenvalue weighted by molar-refractivity contribution is -0.142. The van der Waals surface area contributed by atoms with Gasteiger partial charge in [-0.1, -0.05) is 24.3 Å². The number of carbonyl (C=O) groups excluding carboxylic acids is 2. The number of rotatable bonds is 4. The van der Waals surface area contributed by atoms with Crippen LogP contribution in [0.5, 0.6) is 0 Å². The van der Waals surface area contributed by atoms with Crippen LogP contribution in [0.3, 0.4) is 0 Å². The topological polar surface area (TPSA) is 151 Å². The highest BCUT2D eigenvalue weighted by molar-refractivity contribution is 5.76. The van der Waals surface area contributed by atoms with Crippen LogP contribution in [0.15, 0.2) is 24.3 Å². The predicted octanol–water partition coefficient (Wildman–Crippen LogP) is 3.08. The first-order chi connectivity index (χ1) is 14.6. The second kappa shape index (κ2) is 11.0. The van der Waals surface area contributed by atoms with Gasteiger partial charge in [-0.25, -0.2) is 9.59 Å². The standard InChI is InChI=1S/2C11H17NO4/c2*1-11(2,3)16-10(15)12-8-6-4-5-7(8)9(13)14/h2*4,6-8H,5H2,1-3H3,(H,12,15)(H,13,14)/t2*7-,8+/m10/s1. The fraction of sp³-hybridized carbons (Fsp3) is 0.636. The molecule has 180 valence electrons. The summed E-state index contributed by atoms with van der Waals surface area (Å²) in [6.07, 6.45) is 6.57. The minimum absolute atomic E-state index is 0.440. The zero-order valence-corrected chi connectivity index (χ0v) is 19.4. The maximum absolute atomic E-state index is 11.4. The Balaban J connectivity index is 0.000000320. The number of carboxylic acids is 2. The number of allylic oxidation sites excluding steroid dienone is 2. The van der Waals surface area contributed by atoms with E-state index in [0.717, 1.165) is 0 Å². The number of nitrogens with one attached hydrogen (secondary N) is 2. The predicted molar refractivity (Wildman–Crippen MR) is 116 cm³/mol. The van der Waals surface area contributed by atoms with E-state index in [1.54, 1.807) is 65.8 Å². The number of hydrogen-bond acceptors (Lipinski definition) is 6. The van der Waals surface area contributed by atoms with Crippen molar-refractivity contribution in [2.24, 2.45) is 11.8 Å². The summed E-state index contributed by atoms with van der Waals surface area (Å²) in [7, 11) is 0. The maximum Gasteiger partial charge on any atom is 0.408 e. The molecule has 2 amide bonds. The number of carbonyl (C=O) groups is 4. The van der Waals surface area contributed by atoms with Crippen molar-refractivity contribution in [1.29, 1.82) is 0 Å². The van der Waals surface area contributed by atoms with Crippen molar-refractivity contribution in [3.63, 3.8) is 0 Å². The lowest BCUT2D eigenvalue weighted by Crippen LogP contribution is -2.42. The molecule has 0 aromatic rings. The molecule has 0 saturated heterocycles. The zero-order valence-electron chi connectivity index (χ0n) is 19.4. The van der Waals surface area contributed by atoms with E-state index in [9.17, 15) is 19.2 Å². The molecule has 0 radical (unpaired) electrons. The van der Waals surface area contributed by atoms with Gasteiger partial charge < -0.3 is 30.3 Å². The summed E-state index contributed by atoms with van der Waals surface area (Å²) in [4.78, 5) is 44.5. The molecule has 10 nitrogen and oxygen atoms in total. The monoisotopic (exact) mass is 454 g/mol. The summed E-state index contributed by atoms with van der Waals surface area (Å²) in [5.41, 5.74) is -1.16. The van der Waals surface area contributed by atoms with Crippen molar-refractivity contribution in [2.45, 2.75) is 77.7 Å². The molecule has 0 bridgehead atoms. The minimum atomic E-state index is -0.911. The number of ether oxygens (including phenoxy) is 2. The number of alkyl carbamates (subject to hydrolysis) is 2. The maximum atomic E-state index is 11.4. The quantitative estimate of drug-likeness (QED) is 0.473. The first-order valence-electron chi connectivity index (χ1n) is 10.4. The summed E-state index contributed by atoms with van der Waals surface area (Å²) in [5.74, 6) is -3.00. The Morgan fingerprint density at radius 2 is 1.03 bits per heavy atom. The number of hydrogen-bond donors (Lipinski definition) is 4. The number of amides is 2. The molecule has 4 atom stereocenters. The Hall–Kier alpha value is -3.04. The van der Waals surface area contributed by atoms with E-state index in [2.05, 4.69) is 10.6 Å². The molecule has 0 aliphatic heterocycles. The Kier molecular flexibility index (Phi) is 9.29. The summed E-state index contributed by atoms with van der Waals surface area (Å²) in [6, 6.07) is -0.959. The highest BCUT2D eigenvalue weighted by Crippen LogP contribution is 2.20. The Morgan fingerprint density at radius 3 is 1.28 bits per heavy atom. The molecule has 0 aromatic heterocycles. The van der Waals surface area contributed by atoms with Crippen LogP contribution in [-0.4, -0.2) is 57.6 Å². The van der Waals surface area contributed by atoms with E-state index < -0.39 is 59.2 Å². The average molecular weight is 455 g/mol. The fourth-order valence-electron chi connectivity index (χ4n) is 3.00. The lowest BCUT2D eigenvalue weighted by Gasteiger charge is -2.23. The largest absolute Gasteiger partial charge is 0.481 e. The Bertz CT molecular complexity index is 697. The van der Waals surface area contributed by atoms with E-state index in [1.807, 2.05) is 0 Å². The number of aliphatic carboxylic acids is 2. The summed E-state index contributed by atoms with van der Waals surface area (Å²) >= 11 is 0. The van der Waals surface area contributed by atoms with Crippen LogP contribution >= 0.6 is 0 Å². The van der Waals surface area contributed by atoms with Crippen molar-refractivity contribution in [3.05, 3.63) is 24.3 Å². The van der Waals surface area contributed by atoms with E-state index in [0.29, 0.717) is 12.8 Å². The molecule has 4 N–H and O–H groups in total. The molecule has 0 saturated carbocycles. The van der Waals surface area contributed by atoms with Crippen molar-refractivity contribution in [2.75, 3.05) is 0 Å². The lowest BCUT2D eigenvalue weighted by atomic mass is 10.0. The Labute approximate surface area is 188 Å². The fourth-order valence-corrected chi connectivity index (χ4v) is 3.00. The van der Waals surface area contributed by atoms with E-state index in [4.69, 9.17) is 19.7 Å². The third-order valence-corrected chi connectivity index (χ3v) is 4.34.